The molecule has 1 heterocycles. The maximum atomic E-state index is 13.9. The molecule has 0 radical (unpaired) electrons. The van der Waals surface area contributed by atoms with E-state index >= 15 is 0 Å². The van der Waals surface area contributed by atoms with Crippen LogP contribution < -0.4 is 10.1 Å². The molecule has 0 unspecified atom stereocenters. The fraction of sp³-hybridized carbons (Fsp3) is 0.462. The Morgan fingerprint density at radius 3 is 2.89 bits per heavy atom. The molecule has 5 heteroatoms. The summed E-state index contributed by atoms with van der Waals surface area (Å²) in [7, 11) is 1.52. The van der Waals surface area contributed by atoms with Crippen LogP contribution in [0.3, 0.4) is 0 Å². The summed E-state index contributed by atoms with van der Waals surface area (Å²) < 4.78 is 23.9. The lowest BCUT2D eigenvalue weighted by Gasteiger charge is -2.38. The molecule has 1 N–H and O–H groups in total. The van der Waals surface area contributed by atoms with Crippen LogP contribution in [-0.4, -0.2) is 19.8 Å². The number of benzene rings is 1. The van der Waals surface area contributed by atoms with Crippen molar-refractivity contribution in [2.45, 2.75) is 19.9 Å². The Hall–Kier alpha value is -1.78. The SMILES string of the molecule is COc1ccc(F)c([C@H]2NC(=O)OCC2(C)C)c1. The third-order valence-electron chi connectivity index (χ3n) is 3.13. The smallest absolute Gasteiger partial charge is 0.407 e. The van der Waals surface area contributed by atoms with E-state index in [0.29, 0.717) is 11.3 Å². The molecule has 0 saturated carbocycles. The summed E-state index contributed by atoms with van der Waals surface area (Å²) in [6.45, 7) is 4.08. The highest BCUT2D eigenvalue weighted by molar-refractivity contribution is 5.69. The van der Waals surface area contributed by atoms with E-state index in [2.05, 4.69) is 5.32 Å². The highest BCUT2D eigenvalue weighted by Crippen LogP contribution is 2.38. The number of carbonyl (C=O) groups is 1. The summed E-state index contributed by atoms with van der Waals surface area (Å²) in [4.78, 5) is 11.3. The van der Waals surface area contributed by atoms with Gasteiger partial charge in [-0.25, -0.2) is 9.18 Å². The zero-order chi connectivity index (χ0) is 13.3. The molecule has 1 aromatic carbocycles. The third-order valence-corrected chi connectivity index (χ3v) is 3.13. The molecule has 0 aliphatic carbocycles. The first-order chi connectivity index (χ1) is 8.44. The number of methoxy groups -OCH3 is 1. The monoisotopic (exact) mass is 253 g/mol. The normalized spacial score (nSPS) is 22.0. The Kier molecular flexibility index (Phi) is 3.15. The number of hydrogen-bond acceptors (Lipinski definition) is 3. The van der Waals surface area contributed by atoms with Crippen molar-refractivity contribution in [3.05, 3.63) is 29.6 Å². The topological polar surface area (TPSA) is 47.6 Å². The second-order valence-electron chi connectivity index (χ2n) is 5.03. The minimum atomic E-state index is -0.526. The van der Waals surface area contributed by atoms with Crippen LogP contribution in [0.2, 0.25) is 0 Å². The van der Waals surface area contributed by atoms with Gasteiger partial charge >= 0.3 is 6.09 Å². The van der Waals surface area contributed by atoms with E-state index in [4.69, 9.17) is 9.47 Å². The highest BCUT2D eigenvalue weighted by atomic mass is 19.1. The molecule has 1 atom stereocenters. The summed E-state index contributed by atoms with van der Waals surface area (Å²) >= 11 is 0. The zero-order valence-electron chi connectivity index (χ0n) is 10.6. The Balaban J connectivity index is 2.42. The van der Waals surface area contributed by atoms with Crippen LogP contribution in [0, 0.1) is 11.2 Å². The van der Waals surface area contributed by atoms with Crippen molar-refractivity contribution in [3.8, 4) is 5.75 Å². The quantitative estimate of drug-likeness (QED) is 0.881. The van der Waals surface area contributed by atoms with Gasteiger partial charge in [0, 0.05) is 11.0 Å². The number of cyclic esters (lactones) is 1. The molecule has 18 heavy (non-hydrogen) atoms. The van der Waals surface area contributed by atoms with E-state index in [1.807, 2.05) is 13.8 Å². The van der Waals surface area contributed by atoms with E-state index in [0.717, 1.165) is 0 Å². The van der Waals surface area contributed by atoms with Crippen molar-refractivity contribution in [1.29, 1.82) is 0 Å². The van der Waals surface area contributed by atoms with E-state index in [1.165, 1.54) is 13.2 Å². The van der Waals surface area contributed by atoms with Crippen LogP contribution in [-0.2, 0) is 4.74 Å². The first-order valence-electron chi connectivity index (χ1n) is 5.71. The van der Waals surface area contributed by atoms with Crippen LogP contribution >= 0.6 is 0 Å². The number of hydrogen-bond donors (Lipinski definition) is 1. The van der Waals surface area contributed by atoms with Gasteiger partial charge in [0.2, 0.25) is 0 Å². The Bertz CT molecular complexity index is 473. The van der Waals surface area contributed by atoms with Crippen LogP contribution in [0.15, 0.2) is 18.2 Å². The minimum Gasteiger partial charge on any atom is -0.497 e. The standard InChI is InChI=1S/C13H16FNO3/c1-13(2)7-18-12(16)15-11(13)9-6-8(17-3)4-5-10(9)14/h4-6,11H,7H2,1-3H3,(H,15,16)/t11-/m1/s1. The fourth-order valence-electron chi connectivity index (χ4n) is 2.06. The average Bonchev–Trinajstić information content (AvgIpc) is 2.33. The van der Waals surface area contributed by atoms with Crippen LogP contribution in [0.1, 0.15) is 25.5 Å². The van der Waals surface area contributed by atoms with Gasteiger partial charge in [-0.05, 0) is 18.2 Å². The summed E-state index contributed by atoms with van der Waals surface area (Å²) in [5, 5.41) is 2.66. The van der Waals surface area contributed by atoms with Crippen molar-refractivity contribution >= 4 is 6.09 Å². The van der Waals surface area contributed by atoms with Gasteiger partial charge in [0.1, 0.15) is 18.2 Å². The number of amides is 1. The molecule has 1 fully saturated rings. The first-order valence-corrected chi connectivity index (χ1v) is 5.71. The number of halogens is 1. The predicted octanol–water partition coefficient (Wildman–Crippen LogP) is 2.64. The van der Waals surface area contributed by atoms with Crippen LogP contribution in [0.4, 0.5) is 9.18 Å². The minimum absolute atomic E-state index is 0.250. The summed E-state index contributed by atoms with van der Waals surface area (Å²) in [5.41, 5.74) is 0.0252. The Morgan fingerprint density at radius 2 is 2.22 bits per heavy atom. The van der Waals surface area contributed by atoms with Crippen molar-refractivity contribution in [2.75, 3.05) is 13.7 Å². The van der Waals surface area contributed by atoms with Crippen LogP contribution in [0.25, 0.3) is 0 Å². The van der Waals surface area contributed by atoms with Gasteiger partial charge < -0.3 is 14.8 Å². The molecule has 1 saturated heterocycles. The van der Waals surface area contributed by atoms with E-state index < -0.39 is 12.1 Å². The molecule has 2 rings (SSSR count). The van der Waals surface area contributed by atoms with Gasteiger partial charge in [0.15, 0.2) is 0 Å². The maximum Gasteiger partial charge on any atom is 0.407 e. The second kappa shape index (κ2) is 4.48. The molecular weight excluding hydrogens is 237 g/mol. The number of nitrogens with one attached hydrogen (secondary N) is 1. The van der Waals surface area contributed by atoms with E-state index in [9.17, 15) is 9.18 Å². The summed E-state index contributed by atoms with van der Waals surface area (Å²) in [5.74, 6) is 0.194. The van der Waals surface area contributed by atoms with Gasteiger partial charge in [0.05, 0.1) is 13.2 Å². The largest absolute Gasteiger partial charge is 0.497 e. The fourth-order valence-corrected chi connectivity index (χ4v) is 2.06. The van der Waals surface area contributed by atoms with Gasteiger partial charge in [-0.2, -0.15) is 0 Å². The molecule has 1 amide bonds. The third kappa shape index (κ3) is 2.25. The maximum absolute atomic E-state index is 13.9. The molecule has 4 nitrogen and oxygen atoms in total. The van der Waals surface area contributed by atoms with Gasteiger partial charge in [-0.3, -0.25) is 0 Å². The van der Waals surface area contributed by atoms with Crippen molar-refractivity contribution in [1.82, 2.24) is 5.32 Å². The Morgan fingerprint density at radius 1 is 1.50 bits per heavy atom. The lowest BCUT2D eigenvalue weighted by atomic mass is 9.80. The lowest BCUT2D eigenvalue weighted by Crippen LogP contribution is -2.47. The number of ether oxygens (including phenoxy) is 2. The van der Waals surface area contributed by atoms with E-state index in [1.54, 1.807) is 12.1 Å². The van der Waals surface area contributed by atoms with Crippen LogP contribution in [0.5, 0.6) is 5.75 Å². The molecule has 1 aliphatic rings. The molecule has 1 aliphatic heterocycles. The number of carbonyl (C=O) groups excluding carboxylic acids is 1. The summed E-state index contributed by atoms with van der Waals surface area (Å²) in [6.07, 6.45) is -0.526. The molecule has 1 aromatic rings. The first kappa shape index (κ1) is 12.7. The van der Waals surface area contributed by atoms with Gasteiger partial charge in [0.25, 0.3) is 0 Å². The number of alkyl carbamates (subject to hydrolysis) is 1. The van der Waals surface area contributed by atoms with Gasteiger partial charge in [-0.1, -0.05) is 13.8 Å². The van der Waals surface area contributed by atoms with Crippen molar-refractivity contribution in [2.24, 2.45) is 5.41 Å². The summed E-state index contributed by atoms with van der Waals surface area (Å²) in [6, 6.07) is 4.06. The highest BCUT2D eigenvalue weighted by Gasteiger charge is 2.39. The zero-order valence-corrected chi connectivity index (χ0v) is 10.6. The predicted molar refractivity (Wildman–Crippen MR) is 64.0 cm³/mol. The van der Waals surface area contributed by atoms with Crippen molar-refractivity contribution in [3.63, 3.8) is 0 Å². The Labute approximate surface area is 105 Å². The van der Waals surface area contributed by atoms with Crippen molar-refractivity contribution < 1.29 is 18.7 Å². The average molecular weight is 253 g/mol. The molecule has 0 spiro atoms. The molecule has 0 aromatic heterocycles. The lowest BCUT2D eigenvalue weighted by molar-refractivity contribution is 0.0377. The van der Waals surface area contributed by atoms with E-state index in [-0.39, 0.29) is 17.8 Å². The van der Waals surface area contributed by atoms with Gasteiger partial charge in [-0.15, -0.1) is 0 Å². The molecule has 98 valence electrons. The number of rotatable bonds is 2. The molecule has 0 bridgehead atoms. The molecular formula is C13H16FNO3. The second-order valence-corrected chi connectivity index (χ2v) is 5.03.